The van der Waals surface area contributed by atoms with Crippen molar-refractivity contribution in [2.24, 2.45) is 5.14 Å². The molecule has 0 heterocycles. The van der Waals surface area contributed by atoms with E-state index in [2.05, 4.69) is 5.32 Å². The van der Waals surface area contributed by atoms with Gasteiger partial charge in [0, 0.05) is 24.5 Å². The summed E-state index contributed by atoms with van der Waals surface area (Å²) < 4.78 is 29.2. The molecule has 0 aliphatic rings. The molecule has 8 heteroatoms. The van der Waals surface area contributed by atoms with Crippen LogP contribution in [0, 0.1) is 0 Å². The minimum atomic E-state index is -4.04. The van der Waals surface area contributed by atoms with Gasteiger partial charge in [0.15, 0.2) is 0 Å². The monoisotopic (exact) mass is 410 g/mol. The first kappa shape index (κ1) is 21.2. The first-order chi connectivity index (χ1) is 12.9. The van der Waals surface area contributed by atoms with E-state index in [1.54, 1.807) is 6.07 Å². The molecule has 27 heavy (non-hydrogen) atoms. The number of anilines is 1. The van der Waals surface area contributed by atoms with Gasteiger partial charge in [-0.3, -0.25) is 0 Å². The van der Waals surface area contributed by atoms with E-state index in [0.29, 0.717) is 30.1 Å². The number of ether oxygens (including phenoxy) is 1. The van der Waals surface area contributed by atoms with Crippen molar-refractivity contribution in [1.29, 1.82) is 0 Å². The molecule has 0 aliphatic heterocycles. The highest BCUT2D eigenvalue weighted by Gasteiger charge is 2.22. The van der Waals surface area contributed by atoms with Gasteiger partial charge in [-0.25, -0.2) is 18.4 Å². The molecule has 6 nitrogen and oxygen atoms in total. The molecule has 0 saturated carbocycles. The van der Waals surface area contributed by atoms with Gasteiger partial charge in [-0.15, -0.1) is 11.6 Å². The Morgan fingerprint density at radius 3 is 2.48 bits per heavy atom. The quantitative estimate of drug-likeness (QED) is 0.376. The third kappa shape index (κ3) is 5.95. The second-order valence-corrected chi connectivity index (χ2v) is 7.93. The van der Waals surface area contributed by atoms with Gasteiger partial charge in [0.1, 0.15) is 0 Å². The Kier molecular flexibility index (Phi) is 7.65. The Bertz CT molecular complexity index is 886. The zero-order valence-corrected chi connectivity index (χ0v) is 16.6. The lowest BCUT2D eigenvalue weighted by atomic mass is 10.0. The van der Waals surface area contributed by atoms with E-state index in [4.69, 9.17) is 21.5 Å². The summed E-state index contributed by atoms with van der Waals surface area (Å²) in [5, 5.41) is 8.66. The lowest BCUT2D eigenvalue weighted by Gasteiger charge is -2.17. The summed E-state index contributed by atoms with van der Waals surface area (Å²) >= 11 is 5.71. The number of carbonyl (C=O) groups excluding carboxylic acids is 1. The van der Waals surface area contributed by atoms with Crippen molar-refractivity contribution in [3.05, 3.63) is 59.2 Å². The van der Waals surface area contributed by atoms with Crippen LogP contribution in [-0.2, 0) is 21.2 Å². The van der Waals surface area contributed by atoms with Gasteiger partial charge >= 0.3 is 5.97 Å². The molecule has 3 N–H and O–H groups in total. The van der Waals surface area contributed by atoms with Gasteiger partial charge < -0.3 is 10.1 Å². The van der Waals surface area contributed by atoms with E-state index in [1.165, 1.54) is 13.2 Å². The van der Waals surface area contributed by atoms with Gasteiger partial charge in [0.05, 0.1) is 17.6 Å². The van der Waals surface area contributed by atoms with E-state index in [0.717, 1.165) is 18.4 Å². The summed E-state index contributed by atoms with van der Waals surface area (Å²) in [5.74, 6) is -0.0848. The predicted octanol–water partition coefficient (Wildman–Crippen LogP) is 3.14. The van der Waals surface area contributed by atoms with Crippen molar-refractivity contribution in [3.8, 4) is 0 Å². The number of rotatable bonds is 9. The third-order valence-electron chi connectivity index (χ3n) is 4.04. The Labute approximate surface area is 164 Å². The first-order valence-corrected chi connectivity index (χ1v) is 10.6. The summed E-state index contributed by atoms with van der Waals surface area (Å²) in [6.07, 6.45) is 1.98. The molecule has 0 aromatic heterocycles. The number of benzene rings is 2. The van der Waals surface area contributed by atoms with Crippen LogP contribution in [0.2, 0.25) is 0 Å². The zero-order chi connectivity index (χ0) is 19.9. The lowest BCUT2D eigenvalue weighted by Crippen LogP contribution is -2.18. The maximum absolute atomic E-state index is 12.2. The molecule has 2 rings (SSSR count). The molecule has 0 fully saturated rings. The molecule has 0 aliphatic carbocycles. The van der Waals surface area contributed by atoms with Crippen LogP contribution in [0.15, 0.2) is 47.4 Å². The summed E-state index contributed by atoms with van der Waals surface area (Å²) in [6, 6.07) is 12.3. The average Bonchev–Trinajstić information content (AvgIpc) is 2.65. The fraction of sp³-hybridized carbons (Fsp3) is 0.316. The topological polar surface area (TPSA) is 98.5 Å². The lowest BCUT2D eigenvalue weighted by molar-refractivity contribution is 0.0600. The number of primary sulfonamides is 1. The fourth-order valence-corrected chi connectivity index (χ4v) is 3.72. The largest absolute Gasteiger partial charge is 0.465 e. The van der Waals surface area contributed by atoms with Gasteiger partial charge in [-0.05, 0) is 36.1 Å². The highest BCUT2D eigenvalue weighted by Crippen LogP contribution is 2.29. The van der Waals surface area contributed by atoms with E-state index >= 15 is 0 Å². The van der Waals surface area contributed by atoms with Crippen LogP contribution in [-0.4, -0.2) is 33.9 Å². The molecule has 0 radical (unpaired) electrons. The summed E-state index contributed by atoms with van der Waals surface area (Å²) in [6.45, 7) is 0.587. The number of halogens is 1. The van der Waals surface area contributed by atoms with Crippen molar-refractivity contribution in [2.75, 3.05) is 24.9 Å². The molecule has 0 atom stereocenters. The average molecular weight is 411 g/mol. The van der Waals surface area contributed by atoms with Crippen LogP contribution in [0.3, 0.4) is 0 Å². The van der Waals surface area contributed by atoms with Gasteiger partial charge in [0.25, 0.3) is 0 Å². The van der Waals surface area contributed by atoms with Gasteiger partial charge in [-0.2, -0.15) is 0 Å². The van der Waals surface area contributed by atoms with Crippen molar-refractivity contribution >= 4 is 33.3 Å². The molecule has 0 amide bonds. The Morgan fingerprint density at radius 1 is 1.19 bits per heavy atom. The van der Waals surface area contributed by atoms with Gasteiger partial charge in [-0.1, -0.05) is 30.3 Å². The number of nitrogens with two attached hydrogens (primary N) is 1. The van der Waals surface area contributed by atoms with Crippen molar-refractivity contribution < 1.29 is 17.9 Å². The van der Waals surface area contributed by atoms with Crippen LogP contribution in [0.4, 0.5) is 5.69 Å². The molecule has 2 aromatic carbocycles. The summed E-state index contributed by atoms with van der Waals surface area (Å²) in [7, 11) is -2.80. The minimum absolute atomic E-state index is 0.0888. The van der Waals surface area contributed by atoms with E-state index in [9.17, 15) is 13.2 Å². The molecular formula is C19H23ClN2O4S. The molecule has 0 spiro atoms. The van der Waals surface area contributed by atoms with Crippen LogP contribution in [0.25, 0.3) is 0 Å². The van der Waals surface area contributed by atoms with Crippen LogP contribution < -0.4 is 10.5 Å². The summed E-state index contributed by atoms with van der Waals surface area (Å²) in [5.41, 5.74) is 2.11. The number of hydrogen-bond acceptors (Lipinski definition) is 5. The highest BCUT2D eigenvalue weighted by molar-refractivity contribution is 7.89. The molecule has 0 saturated heterocycles. The zero-order valence-electron chi connectivity index (χ0n) is 15.1. The SMILES string of the molecule is COC(=O)c1cc(NCCCCCl)c(Cc2ccccc2)c(S(N)(=O)=O)c1. The third-order valence-corrected chi connectivity index (χ3v) is 5.28. The number of esters is 1. The maximum atomic E-state index is 12.2. The number of hydrogen-bond donors (Lipinski definition) is 2. The van der Waals surface area contributed by atoms with Crippen LogP contribution >= 0.6 is 11.6 Å². The number of nitrogens with one attached hydrogen (secondary N) is 1. The maximum Gasteiger partial charge on any atom is 0.337 e. The standard InChI is InChI=1S/C19H23ClN2O4S/c1-26-19(23)15-12-17(22-10-6-5-9-20)16(18(13-15)27(21,24)25)11-14-7-3-2-4-8-14/h2-4,7-8,12-13,22H,5-6,9-11H2,1H3,(H2,21,24,25). The van der Waals surface area contributed by atoms with E-state index < -0.39 is 16.0 Å². The Hall–Kier alpha value is -2.09. The normalized spacial score (nSPS) is 11.2. The molecule has 146 valence electrons. The molecular weight excluding hydrogens is 388 g/mol. The van der Waals surface area contributed by atoms with Gasteiger partial charge in [0.2, 0.25) is 10.0 Å². The Morgan fingerprint density at radius 2 is 1.89 bits per heavy atom. The second-order valence-electron chi connectivity index (χ2n) is 6.02. The highest BCUT2D eigenvalue weighted by atomic mass is 35.5. The second kappa shape index (κ2) is 9.73. The number of unbranched alkanes of at least 4 members (excludes halogenated alkanes) is 1. The van der Waals surface area contributed by atoms with E-state index in [1.807, 2.05) is 30.3 Å². The van der Waals surface area contributed by atoms with Crippen molar-refractivity contribution in [1.82, 2.24) is 0 Å². The summed E-state index contributed by atoms with van der Waals surface area (Å²) in [4.78, 5) is 11.9. The van der Waals surface area contributed by atoms with Crippen LogP contribution in [0.5, 0.6) is 0 Å². The van der Waals surface area contributed by atoms with E-state index in [-0.39, 0.29) is 10.5 Å². The number of sulfonamides is 1. The molecule has 2 aromatic rings. The van der Waals surface area contributed by atoms with Crippen molar-refractivity contribution in [2.45, 2.75) is 24.2 Å². The molecule has 0 unspecified atom stereocenters. The molecule has 0 bridgehead atoms. The first-order valence-electron chi connectivity index (χ1n) is 8.48. The minimum Gasteiger partial charge on any atom is -0.465 e. The number of methoxy groups -OCH3 is 1. The number of carbonyl (C=O) groups is 1. The van der Waals surface area contributed by atoms with Crippen LogP contribution in [0.1, 0.15) is 34.3 Å². The smallest absolute Gasteiger partial charge is 0.337 e. The predicted molar refractivity (Wildman–Crippen MR) is 107 cm³/mol. The fourth-order valence-electron chi connectivity index (χ4n) is 2.72. The van der Waals surface area contributed by atoms with Crippen molar-refractivity contribution in [3.63, 3.8) is 0 Å². The Balaban J connectivity index is 2.54. The number of alkyl halides is 1.